The first-order valence-corrected chi connectivity index (χ1v) is 9.00. The van der Waals surface area contributed by atoms with Crippen molar-refractivity contribution in [1.29, 1.82) is 0 Å². The summed E-state index contributed by atoms with van der Waals surface area (Å²) in [4.78, 5) is 16.0. The highest BCUT2D eigenvalue weighted by molar-refractivity contribution is 6.10. The molecule has 1 amide bonds. The molecule has 6 heteroatoms. The number of H-pyrrole nitrogens is 1. The van der Waals surface area contributed by atoms with E-state index in [-0.39, 0.29) is 11.7 Å². The maximum Gasteiger partial charge on any atom is 0.288 e. The molecule has 0 aliphatic rings. The fraction of sp³-hybridized carbons (Fsp3) is 0.0435. The average molecular weight is 387 g/mol. The van der Waals surface area contributed by atoms with Crippen LogP contribution >= 0.6 is 0 Å². The van der Waals surface area contributed by atoms with Crippen LogP contribution in [0.15, 0.2) is 77.9 Å². The number of nitrogens with one attached hydrogen (secondary N) is 2. The second kappa shape index (κ2) is 7.98. The van der Waals surface area contributed by atoms with Crippen LogP contribution in [0.25, 0.3) is 22.0 Å². The molecule has 0 aliphatic heterocycles. The molecule has 144 valence electrons. The SMILES string of the molecule is COc1ccc2[nH]c(C(=O)N/N=C\c3ccc(F)cc3)c(-c3ccccc3)c2c1. The van der Waals surface area contributed by atoms with Crippen molar-refractivity contribution in [2.75, 3.05) is 7.11 Å². The van der Waals surface area contributed by atoms with Crippen molar-refractivity contribution in [1.82, 2.24) is 10.4 Å². The molecule has 0 saturated heterocycles. The molecule has 0 atom stereocenters. The first kappa shape index (κ1) is 18.4. The number of amides is 1. The Hall–Kier alpha value is -3.93. The summed E-state index contributed by atoms with van der Waals surface area (Å²) in [5.41, 5.74) is 6.10. The van der Waals surface area contributed by atoms with E-state index in [1.165, 1.54) is 18.3 Å². The number of fused-ring (bicyclic) bond motifs is 1. The second-order valence-electron chi connectivity index (χ2n) is 6.40. The van der Waals surface area contributed by atoms with Gasteiger partial charge in [-0.15, -0.1) is 0 Å². The molecule has 0 unspecified atom stereocenters. The molecular weight excluding hydrogens is 369 g/mol. The van der Waals surface area contributed by atoms with Crippen molar-refractivity contribution in [2.45, 2.75) is 0 Å². The van der Waals surface area contributed by atoms with E-state index in [1.807, 2.05) is 48.5 Å². The quantitative estimate of drug-likeness (QED) is 0.383. The van der Waals surface area contributed by atoms with Gasteiger partial charge in [-0.1, -0.05) is 42.5 Å². The minimum Gasteiger partial charge on any atom is -0.497 e. The van der Waals surface area contributed by atoms with E-state index < -0.39 is 0 Å². The van der Waals surface area contributed by atoms with Gasteiger partial charge in [-0.05, 0) is 41.5 Å². The fourth-order valence-corrected chi connectivity index (χ4v) is 3.14. The average Bonchev–Trinajstić information content (AvgIpc) is 3.14. The van der Waals surface area contributed by atoms with Crippen LogP contribution in [0, 0.1) is 5.82 Å². The van der Waals surface area contributed by atoms with Gasteiger partial charge >= 0.3 is 0 Å². The highest BCUT2D eigenvalue weighted by Gasteiger charge is 2.19. The van der Waals surface area contributed by atoms with E-state index in [1.54, 1.807) is 19.2 Å². The van der Waals surface area contributed by atoms with Crippen LogP contribution in [0.3, 0.4) is 0 Å². The topological polar surface area (TPSA) is 66.5 Å². The predicted molar refractivity (Wildman–Crippen MR) is 112 cm³/mol. The number of carbonyl (C=O) groups excluding carboxylic acids is 1. The lowest BCUT2D eigenvalue weighted by molar-refractivity contribution is 0.0951. The largest absolute Gasteiger partial charge is 0.497 e. The van der Waals surface area contributed by atoms with Crippen LogP contribution in [0.4, 0.5) is 4.39 Å². The van der Waals surface area contributed by atoms with E-state index in [2.05, 4.69) is 15.5 Å². The van der Waals surface area contributed by atoms with Gasteiger partial charge in [-0.2, -0.15) is 5.10 Å². The minimum absolute atomic E-state index is 0.327. The summed E-state index contributed by atoms with van der Waals surface area (Å²) in [7, 11) is 1.60. The summed E-state index contributed by atoms with van der Waals surface area (Å²) in [6.45, 7) is 0. The number of ether oxygens (including phenoxy) is 1. The zero-order chi connectivity index (χ0) is 20.2. The molecule has 29 heavy (non-hydrogen) atoms. The molecule has 0 fully saturated rings. The van der Waals surface area contributed by atoms with Gasteiger partial charge in [0, 0.05) is 16.5 Å². The van der Waals surface area contributed by atoms with E-state index >= 15 is 0 Å². The third-order valence-electron chi connectivity index (χ3n) is 4.54. The molecule has 0 saturated carbocycles. The number of aromatic amines is 1. The Bertz CT molecular complexity index is 1180. The standard InChI is InChI=1S/C23H18FN3O2/c1-29-18-11-12-20-19(13-18)21(16-5-3-2-4-6-16)22(26-20)23(28)27-25-14-15-7-9-17(24)10-8-15/h2-14,26H,1H3,(H,27,28)/b25-14-. The lowest BCUT2D eigenvalue weighted by Crippen LogP contribution is -2.18. The molecular formula is C23H18FN3O2. The molecule has 0 aliphatic carbocycles. The Kier molecular flexibility index (Phi) is 5.07. The Morgan fingerprint density at radius 3 is 2.55 bits per heavy atom. The van der Waals surface area contributed by atoms with Crippen LogP contribution in [0.2, 0.25) is 0 Å². The number of carbonyl (C=O) groups is 1. The van der Waals surface area contributed by atoms with Gasteiger partial charge in [0.25, 0.3) is 5.91 Å². The summed E-state index contributed by atoms with van der Waals surface area (Å²) in [5, 5.41) is 4.87. The third kappa shape index (κ3) is 3.87. The summed E-state index contributed by atoms with van der Waals surface area (Å²) in [6.07, 6.45) is 1.46. The number of hydrogen-bond donors (Lipinski definition) is 2. The summed E-state index contributed by atoms with van der Waals surface area (Å²) >= 11 is 0. The number of hydrazone groups is 1. The third-order valence-corrected chi connectivity index (χ3v) is 4.54. The molecule has 4 rings (SSSR count). The van der Waals surface area contributed by atoms with E-state index in [0.29, 0.717) is 17.0 Å². The molecule has 0 radical (unpaired) electrons. The van der Waals surface area contributed by atoms with Crippen molar-refractivity contribution in [3.8, 4) is 16.9 Å². The number of aromatic nitrogens is 1. The van der Waals surface area contributed by atoms with Crippen LogP contribution in [-0.4, -0.2) is 24.2 Å². The minimum atomic E-state index is -0.377. The van der Waals surface area contributed by atoms with Gasteiger partial charge in [0.05, 0.1) is 13.3 Å². The summed E-state index contributed by atoms with van der Waals surface area (Å²) in [5.74, 6) is -0.000422. The van der Waals surface area contributed by atoms with Crippen LogP contribution in [0.5, 0.6) is 5.75 Å². The van der Waals surface area contributed by atoms with E-state index in [4.69, 9.17) is 4.74 Å². The molecule has 5 nitrogen and oxygen atoms in total. The highest BCUT2D eigenvalue weighted by Crippen LogP contribution is 2.34. The first-order valence-electron chi connectivity index (χ1n) is 9.00. The maximum absolute atomic E-state index is 13.0. The van der Waals surface area contributed by atoms with Crippen LogP contribution in [0.1, 0.15) is 16.1 Å². The van der Waals surface area contributed by atoms with Gasteiger partial charge < -0.3 is 9.72 Å². The Morgan fingerprint density at radius 2 is 1.83 bits per heavy atom. The van der Waals surface area contributed by atoms with Crippen LogP contribution in [-0.2, 0) is 0 Å². The Balaban J connectivity index is 1.70. The number of nitrogens with zero attached hydrogens (tertiary/aromatic N) is 1. The highest BCUT2D eigenvalue weighted by atomic mass is 19.1. The maximum atomic E-state index is 13.0. The van der Waals surface area contributed by atoms with Gasteiger partial charge in [0.2, 0.25) is 0 Å². The molecule has 0 spiro atoms. The molecule has 1 aromatic heterocycles. The number of halogens is 1. The normalized spacial score (nSPS) is 11.1. The number of hydrogen-bond acceptors (Lipinski definition) is 3. The second-order valence-corrected chi connectivity index (χ2v) is 6.40. The zero-order valence-corrected chi connectivity index (χ0v) is 15.6. The van der Waals surface area contributed by atoms with Gasteiger partial charge in [0.15, 0.2) is 0 Å². The predicted octanol–water partition coefficient (Wildman–Crippen LogP) is 4.75. The van der Waals surface area contributed by atoms with Crippen molar-refractivity contribution >= 4 is 23.0 Å². The van der Waals surface area contributed by atoms with Gasteiger partial charge in [-0.3, -0.25) is 4.79 Å². The lowest BCUT2D eigenvalue weighted by atomic mass is 10.0. The monoisotopic (exact) mass is 387 g/mol. The first-order chi connectivity index (χ1) is 14.2. The van der Waals surface area contributed by atoms with Crippen LogP contribution < -0.4 is 10.2 Å². The zero-order valence-electron chi connectivity index (χ0n) is 15.6. The molecule has 3 aromatic carbocycles. The van der Waals surface area contributed by atoms with E-state index in [0.717, 1.165) is 22.0 Å². The number of rotatable bonds is 5. The van der Waals surface area contributed by atoms with Crippen molar-refractivity contribution in [3.05, 3.63) is 89.9 Å². The molecule has 1 heterocycles. The van der Waals surface area contributed by atoms with Crippen molar-refractivity contribution in [3.63, 3.8) is 0 Å². The summed E-state index contributed by atoms with van der Waals surface area (Å²) in [6, 6.07) is 21.1. The molecule has 2 N–H and O–H groups in total. The number of benzene rings is 3. The lowest BCUT2D eigenvalue weighted by Gasteiger charge is -2.05. The fourth-order valence-electron chi connectivity index (χ4n) is 3.14. The van der Waals surface area contributed by atoms with Gasteiger partial charge in [0.1, 0.15) is 17.3 Å². The molecule has 0 bridgehead atoms. The van der Waals surface area contributed by atoms with Crippen molar-refractivity contribution in [2.24, 2.45) is 5.10 Å². The smallest absolute Gasteiger partial charge is 0.288 e. The van der Waals surface area contributed by atoms with Gasteiger partial charge in [-0.25, -0.2) is 9.82 Å². The molecule has 4 aromatic rings. The Labute approximate surface area is 166 Å². The Morgan fingerprint density at radius 1 is 1.07 bits per heavy atom. The number of methoxy groups -OCH3 is 1. The van der Waals surface area contributed by atoms with E-state index in [9.17, 15) is 9.18 Å². The summed E-state index contributed by atoms with van der Waals surface area (Å²) < 4.78 is 18.3. The van der Waals surface area contributed by atoms with Crippen molar-refractivity contribution < 1.29 is 13.9 Å².